The molecule has 0 aromatic heterocycles. The molecule has 0 saturated carbocycles. The Hall–Kier alpha value is -1.35. The number of hydrogen-bond acceptors (Lipinski definition) is 2. The Morgan fingerprint density at radius 3 is 2.81 bits per heavy atom. The van der Waals surface area contributed by atoms with Crippen LogP contribution < -0.4 is 5.32 Å². The molecule has 2 unspecified atom stereocenters. The molecule has 0 aliphatic carbocycles. The lowest BCUT2D eigenvalue weighted by Gasteiger charge is -2.29. The van der Waals surface area contributed by atoms with Crippen LogP contribution in [0.5, 0.6) is 0 Å². The van der Waals surface area contributed by atoms with Crippen LogP contribution in [0.4, 0.5) is 0 Å². The minimum Gasteiger partial charge on any atom is -0.480 e. The van der Waals surface area contributed by atoms with Gasteiger partial charge in [0, 0.05) is 6.04 Å². The fourth-order valence-corrected chi connectivity index (χ4v) is 2.35. The van der Waals surface area contributed by atoms with Gasteiger partial charge >= 0.3 is 5.97 Å². The third-order valence-corrected chi connectivity index (χ3v) is 3.25. The number of carbonyl (C=O) groups is 1. The summed E-state index contributed by atoms with van der Waals surface area (Å²) in [5, 5.41) is 12.2. The lowest BCUT2D eigenvalue weighted by Crippen LogP contribution is -2.42. The van der Waals surface area contributed by atoms with Crippen molar-refractivity contribution in [2.24, 2.45) is 0 Å². The summed E-state index contributed by atoms with van der Waals surface area (Å²) >= 11 is 0. The highest BCUT2D eigenvalue weighted by Gasteiger charge is 2.27. The average Bonchev–Trinajstić information content (AvgIpc) is 2.30. The number of piperidine rings is 1. The van der Waals surface area contributed by atoms with Gasteiger partial charge in [-0.05, 0) is 37.3 Å². The molecular weight excluding hydrogens is 202 g/mol. The Kier molecular flexibility index (Phi) is 3.25. The zero-order valence-corrected chi connectivity index (χ0v) is 9.44. The Labute approximate surface area is 95.5 Å². The third-order valence-electron chi connectivity index (χ3n) is 3.25. The van der Waals surface area contributed by atoms with E-state index >= 15 is 0 Å². The number of aryl methyl sites for hydroxylation is 1. The smallest absolute Gasteiger partial charge is 0.320 e. The zero-order chi connectivity index (χ0) is 11.5. The third kappa shape index (κ3) is 2.25. The molecule has 1 fully saturated rings. The molecule has 2 rings (SSSR count). The van der Waals surface area contributed by atoms with Crippen LogP contribution >= 0.6 is 0 Å². The fraction of sp³-hybridized carbons (Fsp3) is 0.462. The van der Waals surface area contributed by atoms with Gasteiger partial charge in [-0.15, -0.1) is 0 Å². The zero-order valence-electron chi connectivity index (χ0n) is 9.44. The molecule has 0 radical (unpaired) electrons. The van der Waals surface area contributed by atoms with E-state index in [1.807, 2.05) is 12.1 Å². The summed E-state index contributed by atoms with van der Waals surface area (Å²) in [5.41, 5.74) is 2.46. The minimum absolute atomic E-state index is 0.191. The molecule has 1 aromatic carbocycles. The maximum Gasteiger partial charge on any atom is 0.320 e. The van der Waals surface area contributed by atoms with Gasteiger partial charge in [-0.3, -0.25) is 10.1 Å². The first-order valence-electron chi connectivity index (χ1n) is 5.73. The van der Waals surface area contributed by atoms with Crippen LogP contribution in [-0.2, 0) is 4.79 Å². The van der Waals surface area contributed by atoms with Gasteiger partial charge in [-0.25, -0.2) is 0 Å². The predicted molar refractivity (Wildman–Crippen MR) is 62.3 cm³/mol. The van der Waals surface area contributed by atoms with E-state index in [4.69, 9.17) is 5.11 Å². The maximum absolute atomic E-state index is 11.0. The summed E-state index contributed by atoms with van der Waals surface area (Å²) in [7, 11) is 0. The standard InChI is InChI=1S/C13H17NO2/c1-9-5-2-3-6-10(9)11-7-4-8-12(14-11)13(15)16/h2-3,5-6,11-12,14H,4,7-8H2,1H3,(H,15,16). The summed E-state index contributed by atoms with van der Waals surface area (Å²) in [6.07, 6.45) is 2.73. The molecule has 2 N–H and O–H groups in total. The Balaban J connectivity index is 2.16. The number of benzene rings is 1. The Morgan fingerprint density at radius 2 is 2.12 bits per heavy atom. The van der Waals surface area contributed by atoms with Crippen LogP contribution in [0.3, 0.4) is 0 Å². The van der Waals surface area contributed by atoms with Gasteiger partial charge < -0.3 is 5.11 Å². The number of rotatable bonds is 2. The van der Waals surface area contributed by atoms with E-state index in [0.29, 0.717) is 0 Å². The van der Waals surface area contributed by atoms with Crippen LogP contribution in [0.15, 0.2) is 24.3 Å². The van der Waals surface area contributed by atoms with E-state index in [0.717, 1.165) is 19.3 Å². The highest BCUT2D eigenvalue weighted by Crippen LogP contribution is 2.27. The molecule has 16 heavy (non-hydrogen) atoms. The van der Waals surface area contributed by atoms with Crippen molar-refractivity contribution in [3.05, 3.63) is 35.4 Å². The summed E-state index contributed by atoms with van der Waals surface area (Å²) in [4.78, 5) is 11.0. The van der Waals surface area contributed by atoms with Gasteiger partial charge in [0.15, 0.2) is 0 Å². The lowest BCUT2D eigenvalue weighted by atomic mass is 9.91. The summed E-state index contributed by atoms with van der Waals surface area (Å²) < 4.78 is 0. The second-order valence-electron chi connectivity index (χ2n) is 4.40. The Morgan fingerprint density at radius 1 is 1.38 bits per heavy atom. The van der Waals surface area contributed by atoms with Gasteiger partial charge in [0.25, 0.3) is 0 Å². The van der Waals surface area contributed by atoms with E-state index in [1.165, 1.54) is 11.1 Å². The van der Waals surface area contributed by atoms with E-state index in [9.17, 15) is 4.79 Å². The van der Waals surface area contributed by atoms with Crippen LogP contribution in [0.1, 0.15) is 36.4 Å². The van der Waals surface area contributed by atoms with Gasteiger partial charge in [0.05, 0.1) is 0 Å². The van der Waals surface area contributed by atoms with Gasteiger partial charge in [0.2, 0.25) is 0 Å². The predicted octanol–water partition coefficient (Wildman–Crippen LogP) is 2.26. The summed E-state index contributed by atoms with van der Waals surface area (Å²) in [6, 6.07) is 7.97. The highest BCUT2D eigenvalue weighted by atomic mass is 16.4. The van der Waals surface area contributed by atoms with Crippen LogP contribution in [0.2, 0.25) is 0 Å². The number of nitrogens with one attached hydrogen (secondary N) is 1. The average molecular weight is 219 g/mol. The largest absolute Gasteiger partial charge is 0.480 e. The highest BCUT2D eigenvalue weighted by molar-refractivity contribution is 5.73. The Bertz CT molecular complexity index is 389. The molecule has 0 amide bonds. The molecule has 3 heteroatoms. The van der Waals surface area contributed by atoms with E-state index in [2.05, 4.69) is 24.4 Å². The van der Waals surface area contributed by atoms with Crippen molar-refractivity contribution >= 4 is 5.97 Å². The van der Waals surface area contributed by atoms with Crippen molar-refractivity contribution in [3.63, 3.8) is 0 Å². The molecule has 2 atom stereocenters. The van der Waals surface area contributed by atoms with Crippen molar-refractivity contribution < 1.29 is 9.90 Å². The quantitative estimate of drug-likeness (QED) is 0.802. The SMILES string of the molecule is Cc1ccccc1C1CCCC(C(=O)O)N1. The number of carboxylic acid groups (broad SMARTS) is 1. The molecule has 0 bridgehead atoms. The fourth-order valence-electron chi connectivity index (χ4n) is 2.35. The van der Waals surface area contributed by atoms with Crippen molar-refractivity contribution in [1.29, 1.82) is 0 Å². The first kappa shape index (κ1) is 11.1. The molecule has 1 aromatic rings. The van der Waals surface area contributed by atoms with Gasteiger partial charge in [-0.2, -0.15) is 0 Å². The summed E-state index contributed by atoms with van der Waals surface area (Å²) in [6.45, 7) is 2.07. The second-order valence-corrected chi connectivity index (χ2v) is 4.40. The summed E-state index contributed by atoms with van der Waals surface area (Å²) in [5.74, 6) is -0.738. The molecule has 1 aliphatic rings. The topological polar surface area (TPSA) is 49.3 Å². The molecule has 86 valence electrons. The number of carboxylic acids is 1. The minimum atomic E-state index is -0.738. The van der Waals surface area contributed by atoms with E-state index < -0.39 is 12.0 Å². The van der Waals surface area contributed by atoms with Gasteiger partial charge in [0.1, 0.15) is 6.04 Å². The second kappa shape index (κ2) is 4.66. The number of hydrogen-bond donors (Lipinski definition) is 2. The first-order valence-corrected chi connectivity index (χ1v) is 5.73. The normalized spacial score (nSPS) is 25.3. The monoisotopic (exact) mass is 219 g/mol. The molecule has 0 spiro atoms. The maximum atomic E-state index is 11.0. The molecular formula is C13H17NO2. The first-order chi connectivity index (χ1) is 7.68. The molecule has 1 aliphatic heterocycles. The van der Waals surface area contributed by atoms with Crippen LogP contribution in [0.25, 0.3) is 0 Å². The molecule has 1 heterocycles. The van der Waals surface area contributed by atoms with Crippen molar-refractivity contribution in [2.45, 2.75) is 38.3 Å². The van der Waals surface area contributed by atoms with Crippen molar-refractivity contribution in [3.8, 4) is 0 Å². The lowest BCUT2D eigenvalue weighted by molar-refractivity contribution is -0.140. The van der Waals surface area contributed by atoms with Gasteiger partial charge in [-0.1, -0.05) is 24.3 Å². The van der Waals surface area contributed by atoms with Crippen LogP contribution in [-0.4, -0.2) is 17.1 Å². The number of aliphatic carboxylic acids is 1. The van der Waals surface area contributed by atoms with E-state index in [-0.39, 0.29) is 6.04 Å². The van der Waals surface area contributed by atoms with Crippen LogP contribution in [0, 0.1) is 6.92 Å². The molecule has 1 saturated heterocycles. The molecule has 3 nitrogen and oxygen atoms in total. The van der Waals surface area contributed by atoms with Crippen molar-refractivity contribution in [1.82, 2.24) is 5.32 Å². The van der Waals surface area contributed by atoms with E-state index in [1.54, 1.807) is 0 Å². The van der Waals surface area contributed by atoms with Crippen molar-refractivity contribution in [2.75, 3.05) is 0 Å².